The van der Waals surface area contributed by atoms with Crippen molar-refractivity contribution in [1.82, 2.24) is 0 Å². The first kappa shape index (κ1) is 16.5. The summed E-state index contributed by atoms with van der Waals surface area (Å²) < 4.78 is 6.15. The summed E-state index contributed by atoms with van der Waals surface area (Å²) in [5, 5.41) is 10.2. The van der Waals surface area contributed by atoms with E-state index < -0.39 is 6.10 Å². The summed E-state index contributed by atoms with van der Waals surface area (Å²) in [5.74, 6) is 0.792. The fourth-order valence-corrected chi connectivity index (χ4v) is 2.69. The zero-order valence-corrected chi connectivity index (χ0v) is 13.6. The third-order valence-corrected chi connectivity index (χ3v) is 4.12. The van der Waals surface area contributed by atoms with Crippen LogP contribution in [0.15, 0.2) is 22.7 Å². The van der Waals surface area contributed by atoms with Crippen LogP contribution < -0.4 is 4.74 Å². The molecule has 0 aromatic heterocycles. The predicted molar refractivity (Wildman–Crippen MR) is 83.6 cm³/mol. The van der Waals surface area contributed by atoms with Gasteiger partial charge in [-0.15, -0.1) is 0 Å². The van der Waals surface area contributed by atoms with Crippen LogP contribution in [0.4, 0.5) is 0 Å². The van der Waals surface area contributed by atoms with Gasteiger partial charge in [0, 0.05) is 4.47 Å². The van der Waals surface area contributed by atoms with Gasteiger partial charge in [-0.3, -0.25) is 0 Å². The average molecular weight is 329 g/mol. The molecule has 0 fully saturated rings. The lowest BCUT2D eigenvalue weighted by Gasteiger charge is -2.14. The highest BCUT2D eigenvalue weighted by Crippen LogP contribution is 2.30. The van der Waals surface area contributed by atoms with Gasteiger partial charge >= 0.3 is 0 Å². The Hall–Kier alpha value is -0.540. The number of halogens is 1. The Morgan fingerprint density at radius 1 is 1.16 bits per heavy atom. The highest BCUT2D eigenvalue weighted by atomic mass is 79.9. The fourth-order valence-electron chi connectivity index (χ4n) is 2.18. The quantitative estimate of drug-likeness (QED) is 0.628. The maximum Gasteiger partial charge on any atom is 0.119 e. The summed E-state index contributed by atoms with van der Waals surface area (Å²) in [4.78, 5) is 0. The highest BCUT2D eigenvalue weighted by Gasteiger charge is 2.12. The Morgan fingerprint density at radius 3 is 2.53 bits per heavy atom. The Morgan fingerprint density at radius 2 is 1.84 bits per heavy atom. The molecule has 0 aliphatic rings. The lowest BCUT2D eigenvalue weighted by atomic mass is 10.0. The van der Waals surface area contributed by atoms with Crippen LogP contribution in [0.3, 0.4) is 0 Å². The third-order valence-electron chi connectivity index (χ3n) is 3.39. The van der Waals surface area contributed by atoms with Crippen molar-refractivity contribution >= 4 is 15.9 Å². The van der Waals surface area contributed by atoms with E-state index in [1.165, 1.54) is 32.1 Å². The molecule has 0 bridgehead atoms. The molecule has 2 nitrogen and oxygen atoms in total. The second-order valence-electron chi connectivity index (χ2n) is 4.96. The number of aliphatic hydroxyl groups is 1. The zero-order chi connectivity index (χ0) is 14.1. The van der Waals surface area contributed by atoms with E-state index in [0.29, 0.717) is 0 Å². The summed E-state index contributed by atoms with van der Waals surface area (Å²) in [5.41, 5.74) is 0.924. The monoisotopic (exact) mass is 328 g/mol. The van der Waals surface area contributed by atoms with Gasteiger partial charge in [-0.1, -0.05) is 61.4 Å². The van der Waals surface area contributed by atoms with Crippen LogP contribution in [0.5, 0.6) is 5.75 Å². The normalized spacial score (nSPS) is 12.4. The van der Waals surface area contributed by atoms with Gasteiger partial charge in [0.25, 0.3) is 0 Å². The molecule has 0 aliphatic carbocycles. The van der Waals surface area contributed by atoms with Gasteiger partial charge in [-0.25, -0.2) is 0 Å². The van der Waals surface area contributed by atoms with Crippen molar-refractivity contribution in [3.05, 3.63) is 28.2 Å². The molecule has 0 amide bonds. The number of unbranched alkanes of at least 4 members (excludes halogenated alkanes) is 5. The van der Waals surface area contributed by atoms with Crippen LogP contribution in [0, 0.1) is 0 Å². The molecular weight excluding hydrogens is 304 g/mol. The zero-order valence-electron chi connectivity index (χ0n) is 12.0. The van der Waals surface area contributed by atoms with E-state index in [4.69, 9.17) is 4.74 Å². The standard InChI is InChI=1S/C16H25BrO2/c1-3-4-5-6-7-8-9-16(18)14-12-13(19-2)10-11-15(14)17/h10-12,16,18H,3-9H2,1-2H3. The van der Waals surface area contributed by atoms with Crippen molar-refractivity contribution in [2.75, 3.05) is 7.11 Å². The van der Waals surface area contributed by atoms with Crippen LogP contribution in [-0.2, 0) is 0 Å². The molecule has 108 valence electrons. The molecule has 1 rings (SSSR count). The maximum atomic E-state index is 10.2. The molecule has 0 saturated heterocycles. The molecule has 0 spiro atoms. The number of hydrogen-bond donors (Lipinski definition) is 1. The molecular formula is C16H25BrO2. The topological polar surface area (TPSA) is 29.5 Å². The van der Waals surface area contributed by atoms with Crippen molar-refractivity contribution in [1.29, 1.82) is 0 Å². The molecule has 0 radical (unpaired) electrons. The van der Waals surface area contributed by atoms with Gasteiger partial charge in [0.05, 0.1) is 13.2 Å². The van der Waals surface area contributed by atoms with Crippen LogP contribution in [-0.4, -0.2) is 12.2 Å². The SMILES string of the molecule is CCCCCCCCC(O)c1cc(OC)ccc1Br. The highest BCUT2D eigenvalue weighted by molar-refractivity contribution is 9.10. The van der Waals surface area contributed by atoms with E-state index in [-0.39, 0.29) is 0 Å². The lowest BCUT2D eigenvalue weighted by molar-refractivity contribution is 0.162. The minimum absolute atomic E-state index is 0.407. The minimum atomic E-state index is -0.407. The molecule has 1 aromatic rings. The fraction of sp³-hybridized carbons (Fsp3) is 0.625. The van der Waals surface area contributed by atoms with Crippen LogP contribution in [0.25, 0.3) is 0 Å². The molecule has 1 N–H and O–H groups in total. The Bertz CT molecular complexity index is 366. The van der Waals surface area contributed by atoms with Crippen molar-refractivity contribution in [2.45, 2.75) is 58.0 Å². The molecule has 1 unspecified atom stereocenters. The summed E-state index contributed by atoms with van der Waals surface area (Å²) >= 11 is 3.49. The molecule has 19 heavy (non-hydrogen) atoms. The number of hydrogen-bond acceptors (Lipinski definition) is 2. The second-order valence-corrected chi connectivity index (χ2v) is 5.81. The predicted octanol–water partition coefficient (Wildman–Crippen LogP) is 5.24. The van der Waals surface area contributed by atoms with E-state index in [0.717, 1.165) is 28.6 Å². The largest absolute Gasteiger partial charge is 0.497 e. The van der Waals surface area contributed by atoms with E-state index in [1.54, 1.807) is 7.11 Å². The average Bonchev–Trinajstić information content (AvgIpc) is 2.43. The van der Waals surface area contributed by atoms with Crippen LogP contribution in [0.1, 0.15) is 63.5 Å². The van der Waals surface area contributed by atoms with E-state index in [9.17, 15) is 5.11 Å². The Balaban J connectivity index is 2.38. The smallest absolute Gasteiger partial charge is 0.119 e. The molecule has 0 saturated carbocycles. The van der Waals surface area contributed by atoms with Gasteiger partial charge in [-0.2, -0.15) is 0 Å². The maximum absolute atomic E-state index is 10.2. The first-order chi connectivity index (χ1) is 9.19. The first-order valence-electron chi connectivity index (χ1n) is 7.20. The van der Waals surface area contributed by atoms with Crippen molar-refractivity contribution in [2.24, 2.45) is 0 Å². The van der Waals surface area contributed by atoms with Crippen molar-refractivity contribution in [3.63, 3.8) is 0 Å². The summed E-state index contributed by atoms with van der Waals surface area (Å²) in [6, 6.07) is 5.73. The van der Waals surface area contributed by atoms with Crippen molar-refractivity contribution < 1.29 is 9.84 Å². The minimum Gasteiger partial charge on any atom is -0.497 e. The van der Waals surface area contributed by atoms with Crippen molar-refractivity contribution in [3.8, 4) is 5.75 Å². The van der Waals surface area contributed by atoms with E-state index >= 15 is 0 Å². The van der Waals surface area contributed by atoms with Gasteiger partial charge in [0.1, 0.15) is 5.75 Å². The number of rotatable bonds is 9. The molecule has 0 aliphatic heterocycles. The summed E-state index contributed by atoms with van der Waals surface area (Å²) in [6.45, 7) is 2.23. The van der Waals surface area contributed by atoms with Gasteiger partial charge in [0.15, 0.2) is 0 Å². The Labute approximate surface area is 125 Å². The lowest BCUT2D eigenvalue weighted by Crippen LogP contribution is -1.99. The Kier molecular flexibility index (Phi) is 8.15. The van der Waals surface area contributed by atoms with Gasteiger partial charge in [-0.05, 0) is 30.2 Å². The second kappa shape index (κ2) is 9.38. The number of methoxy groups -OCH3 is 1. The third kappa shape index (κ3) is 5.96. The summed E-state index contributed by atoms with van der Waals surface area (Å²) in [7, 11) is 1.65. The number of benzene rings is 1. The van der Waals surface area contributed by atoms with Crippen LogP contribution in [0.2, 0.25) is 0 Å². The molecule has 1 atom stereocenters. The number of aliphatic hydroxyl groups excluding tert-OH is 1. The molecule has 0 heterocycles. The first-order valence-corrected chi connectivity index (χ1v) is 7.99. The molecule has 1 aromatic carbocycles. The number of ether oxygens (including phenoxy) is 1. The van der Waals surface area contributed by atoms with Gasteiger partial charge in [0.2, 0.25) is 0 Å². The van der Waals surface area contributed by atoms with Gasteiger partial charge < -0.3 is 9.84 Å². The summed E-state index contributed by atoms with van der Waals surface area (Å²) in [6.07, 6.45) is 7.89. The van der Waals surface area contributed by atoms with E-state index in [1.807, 2.05) is 18.2 Å². The van der Waals surface area contributed by atoms with Crippen LogP contribution >= 0.6 is 15.9 Å². The van der Waals surface area contributed by atoms with E-state index in [2.05, 4.69) is 22.9 Å². The molecule has 3 heteroatoms.